The highest BCUT2D eigenvalue weighted by Gasteiger charge is 2.45. The molecule has 0 N–H and O–H groups in total. The predicted molar refractivity (Wildman–Crippen MR) is 120 cm³/mol. The molecular formula is C24H30N2O4S. The second kappa shape index (κ2) is 9.39. The Kier molecular flexibility index (Phi) is 6.60. The molecule has 166 valence electrons. The average Bonchev–Trinajstić information content (AvgIpc) is 3.47. The van der Waals surface area contributed by atoms with E-state index in [2.05, 4.69) is 0 Å². The van der Waals surface area contributed by atoms with Crippen molar-refractivity contribution in [2.75, 3.05) is 33.3 Å². The van der Waals surface area contributed by atoms with Crippen LogP contribution in [-0.4, -0.2) is 60.9 Å². The number of ether oxygens (including phenoxy) is 1. The molecule has 3 aliphatic rings. The highest BCUT2D eigenvalue weighted by atomic mass is 32.1. The number of piperidine rings is 1. The van der Waals surface area contributed by atoms with E-state index in [1.165, 1.54) is 7.11 Å². The van der Waals surface area contributed by atoms with Crippen molar-refractivity contribution in [3.05, 3.63) is 40.6 Å². The van der Waals surface area contributed by atoms with Gasteiger partial charge < -0.3 is 14.5 Å². The van der Waals surface area contributed by atoms with Gasteiger partial charge in [-0.2, -0.15) is 11.3 Å². The molecule has 1 aliphatic carbocycles. The maximum atomic E-state index is 13.2. The number of carbonyl (C=O) groups is 3. The molecule has 1 aromatic rings. The van der Waals surface area contributed by atoms with E-state index in [-0.39, 0.29) is 35.0 Å². The molecule has 0 aromatic carbocycles. The third kappa shape index (κ3) is 4.76. The van der Waals surface area contributed by atoms with Crippen molar-refractivity contribution >= 4 is 35.2 Å². The zero-order valence-corrected chi connectivity index (χ0v) is 18.8. The third-order valence-corrected chi connectivity index (χ3v) is 7.80. The molecule has 1 aromatic heterocycles. The van der Waals surface area contributed by atoms with Gasteiger partial charge in [-0.1, -0.05) is 12.2 Å². The number of hydrogen-bond donors (Lipinski definition) is 0. The Hall–Kier alpha value is -2.41. The molecule has 2 aliphatic heterocycles. The highest BCUT2D eigenvalue weighted by molar-refractivity contribution is 7.08. The van der Waals surface area contributed by atoms with Crippen LogP contribution >= 0.6 is 11.3 Å². The summed E-state index contributed by atoms with van der Waals surface area (Å²) in [6.07, 6.45) is 11.5. The van der Waals surface area contributed by atoms with Crippen LogP contribution in [0.3, 0.4) is 0 Å². The molecule has 3 heterocycles. The number of amides is 2. The summed E-state index contributed by atoms with van der Waals surface area (Å²) in [7, 11) is 1.39. The first-order valence-electron chi connectivity index (χ1n) is 11.0. The van der Waals surface area contributed by atoms with Gasteiger partial charge in [0, 0.05) is 32.3 Å². The Bertz CT molecular complexity index is 868. The van der Waals surface area contributed by atoms with Crippen LogP contribution in [0.25, 0.3) is 6.08 Å². The van der Waals surface area contributed by atoms with E-state index >= 15 is 0 Å². The van der Waals surface area contributed by atoms with Crippen molar-refractivity contribution in [1.82, 2.24) is 9.80 Å². The van der Waals surface area contributed by atoms with Crippen molar-refractivity contribution in [3.63, 3.8) is 0 Å². The van der Waals surface area contributed by atoms with Gasteiger partial charge in [0.25, 0.3) is 0 Å². The van der Waals surface area contributed by atoms with E-state index in [1.807, 2.05) is 44.9 Å². The van der Waals surface area contributed by atoms with E-state index in [4.69, 9.17) is 4.74 Å². The normalized spacial score (nSPS) is 25.3. The van der Waals surface area contributed by atoms with Crippen LogP contribution in [0.4, 0.5) is 0 Å². The fourth-order valence-electron chi connectivity index (χ4n) is 5.11. The molecular weight excluding hydrogens is 412 g/mol. The summed E-state index contributed by atoms with van der Waals surface area (Å²) < 4.78 is 4.93. The molecule has 7 heteroatoms. The number of nitrogens with zero attached hydrogens (tertiary/aromatic N) is 2. The molecule has 2 saturated heterocycles. The van der Waals surface area contributed by atoms with E-state index in [0.717, 1.165) is 51.0 Å². The Balaban J connectivity index is 1.32. The molecule has 0 saturated carbocycles. The van der Waals surface area contributed by atoms with Crippen LogP contribution in [-0.2, 0) is 19.1 Å². The van der Waals surface area contributed by atoms with E-state index in [9.17, 15) is 14.4 Å². The van der Waals surface area contributed by atoms with Gasteiger partial charge in [-0.05, 0) is 66.0 Å². The second-order valence-corrected chi connectivity index (χ2v) is 9.68. The van der Waals surface area contributed by atoms with Crippen LogP contribution in [0.5, 0.6) is 0 Å². The number of likely N-dealkylation sites (tertiary alicyclic amines) is 2. The van der Waals surface area contributed by atoms with Crippen LogP contribution in [0.2, 0.25) is 0 Å². The average molecular weight is 443 g/mol. The minimum absolute atomic E-state index is 0.0573. The topological polar surface area (TPSA) is 66.9 Å². The van der Waals surface area contributed by atoms with E-state index < -0.39 is 0 Å². The van der Waals surface area contributed by atoms with Gasteiger partial charge in [0.05, 0.1) is 18.9 Å². The zero-order valence-electron chi connectivity index (χ0n) is 18.0. The lowest BCUT2D eigenvalue weighted by Crippen LogP contribution is -2.45. The minimum Gasteiger partial charge on any atom is -0.469 e. The van der Waals surface area contributed by atoms with Gasteiger partial charge in [-0.25, -0.2) is 0 Å². The molecule has 4 rings (SSSR count). The largest absolute Gasteiger partial charge is 0.469 e. The zero-order chi connectivity index (χ0) is 21.8. The summed E-state index contributed by atoms with van der Waals surface area (Å²) in [6, 6.07) is 2.00. The molecule has 0 radical (unpaired) electrons. The first kappa shape index (κ1) is 21.8. The Morgan fingerprint density at radius 1 is 1.06 bits per heavy atom. The molecule has 31 heavy (non-hydrogen) atoms. The molecule has 2 fully saturated rings. The van der Waals surface area contributed by atoms with E-state index in [1.54, 1.807) is 17.4 Å². The second-order valence-electron chi connectivity index (χ2n) is 8.90. The number of carbonyl (C=O) groups excluding carboxylic acids is 3. The van der Waals surface area contributed by atoms with Gasteiger partial charge in [0.1, 0.15) is 0 Å². The lowest BCUT2D eigenvalue weighted by molar-refractivity contribution is -0.153. The first-order chi connectivity index (χ1) is 15.0. The van der Waals surface area contributed by atoms with Gasteiger partial charge in [0.15, 0.2) is 0 Å². The molecule has 1 spiro atoms. The fourth-order valence-corrected chi connectivity index (χ4v) is 5.74. The fraction of sp³-hybridized carbons (Fsp3) is 0.542. The number of methoxy groups -OCH3 is 1. The Morgan fingerprint density at radius 2 is 1.74 bits per heavy atom. The first-order valence-corrected chi connectivity index (χ1v) is 12.0. The maximum absolute atomic E-state index is 13.2. The third-order valence-electron chi connectivity index (χ3n) is 7.10. The van der Waals surface area contributed by atoms with Crippen LogP contribution in [0.1, 0.15) is 37.7 Å². The van der Waals surface area contributed by atoms with Gasteiger partial charge in [0.2, 0.25) is 11.8 Å². The number of hydrogen-bond acceptors (Lipinski definition) is 5. The monoisotopic (exact) mass is 442 g/mol. The standard InChI is InChI=1S/C24H30N2O4S/c1-30-23(29)20-5-3-2-4-19(20)22(28)26-14-11-24(17-26)9-12-25(13-10-24)21(27)7-6-18-8-15-31-16-18/h2-3,6-8,15-16,19-20H,4-5,9-14,17H2,1H3. The molecule has 2 unspecified atom stereocenters. The quantitative estimate of drug-likeness (QED) is 0.407. The van der Waals surface area contributed by atoms with Gasteiger partial charge in [-0.15, -0.1) is 0 Å². The summed E-state index contributed by atoms with van der Waals surface area (Å²) in [6.45, 7) is 2.92. The SMILES string of the molecule is COC(=O)C1CC=CCC1C(=O)N1CCC2(CCN(C(=O)C=Cc3ccsc3)CC2)C1. The number of thiophene rings is 1. The van der Waals surface area contributed by atoms with Crippen LogP contribution in [0, 0.1) is 17.3 Å². The number of rotatable bonds is 4. The van der Waals surface area contributed by atoms with E-state index in [0.29, 0.717) is 12.8 Å². The summed E-state index contributed by atoms with van der Waals surface area (Å²) in [5.74, 6) is -0.861. The Labute approximate surface area is 187 Å². The van der Waals surface area contributed by atoms with Crippen molar-refractivity contribution in [2.24, 2.45) is 17.3 Å². The lowest BCUT2D eigenvalue weighted by Gasteiger charge is -2.39. The smallest absolute Gasteiger partial charge is 0.309 e. The highest BCUT2D eigenvalue weighted by Crippen LogP contribution is 2.42. The van der Waals surface area contributed by atoms with Crippen LogP contribution < -0.4 is 0 Å². The van der Waals surface area contributed by atoms with Crippen molar-refractivity contribution in [1.29, 1.82) is 0 Å². The molecule has 6 nitrogen and oxygen atoms in total. The van der Waals surface area contributed by atoms with Gasteiger partial charge in [-0.3, -0.25) is 14.4 Å². The van der Waals surface area contributed by atoms with Gasteiger partial charge >= 0.3 is 5.97 Å². The van der Waals surface area contributed by atoms with Crippen molar-refractivity contribution in [3.8, 4) is 0 Å². The number of allylic oxidation sites excluding steroid dienone is 2. The molecule has 0 bridgehead atoms. The molecule has 2 atom stereocenters. The summed E-state index contributed by atoms with van der Waals surface area (Å²) in [4.78, 5) is 41.8. The predicted octanol–water partition coefficient (Wildman–Crippen LogP) is 3.36. The lowest BCUT2D eigenvalue weighted by atomic mass is 9.77. The Morgan fingerprint density at radius 3 is 2.39 bits per heavy atom. The molecule has 2 amide bonds. The summed E-state index contributed by atoms with van der Waals surface area (Å²) >= 11 is 1.62. The van der Waals surface area contributed by atoms with Crippen LogP contribution in [0.15, 0.2) is 35.1 Å². The maximum Gasteiger partial charge on any atom is 0.309 e. The summed E-state index contributed by atoms with van der Waals surface area (Å²) in [5.41, 5.74) is 1.15. The number of esters is 1. The van der Waals surface area contributed by atoms with Crippen molar-refractivity contribution < 1.29 is 19.1 Å². The minimum atomic E-state index is -0.381. The van der Waals surface area contributed by atoms with Crippen molar-refractivity contribution in [2.45, 2.75) is 32.1 Å². The summed E-state index contributed by atoms with van der Waals surface area (Å²) in [5, 5.41) is 4.02.